The maximum absolute atomic E-state index is 8.36. The van der Waals surface area contributed by atoms with Crippen LogP contribution in [0.3, 0.4) is 0 Å². The van der Waals surface area contributed by atoms with Gasteiger partial charge in [-0.2, -0.15) is 0 Å². The first kappa shape index (κ1) is 279. The minimum atomic E-state index is -1.50. The van der Waals surface area contributed by atoms with Crippen LogP contribution in [0, 0.1) is 10.1 Å². The van der Waals surface area contributed by atoms with Gasteiger partial charge in [-0.3, -0.25) is 0 Å². The molecule has 0 atom stereocenters. The number of rotatable bonds is 0. The van der Waals surface area contributed by atoms with E-state index in [9.17, 15) is 0 Å². The average molecular weight is 382 g/mol. The van der Waals surface area contributed by atoms with Crippen molar-refractivity contribution >= 4 is 48.9 Å². The van der Waals surface area contributed by atoms with Gasteiger partial charge in [-0.05, 0) is 0 Å². The zero-order valence-corrected chi connectivity index (χ0v) is 12.1. The molecule has 15 heteroatoms. The second kappa shape index (κ2) is 226. The topological polar surface area (TPSA) is 382 Å². The minimum Gasteiger partial charge on any atom is -1.00 e. The Bertz CT molecular complexity index is 45.5. The summed E-state index contributed by atoms with van der Waals surface area (Å²) >= 11 is 0. The molecule has 0 saturated carbocycles. The molecule has 0 radical (unpaired) electrons. The van der Waals surface area contributed by atoms with Crippen molar-refractivity contribution in [2.75, 3.05) is 0 Å². The predicted octanol–water partition coefficient (Wildman–Crippen LogP) is -7.76. The van der Waals surface area contributed by atoms with Gasteiger partial charge in [0.15, 0.2) is 0 Å². The molecule has 0 heterocycles. The van der Waals surface area contributed by atoms with Gasteiger partial charge in [-0.1, -0.05) is 0 Å². The van der Waals surface area contributed by atoms with Crippen LogP contribution in [-0.4, -0.2) is 108 Å². The van der Waals surface area contributed by atoms with Gasteiger partial charge >= 0.3 is 48.9 Å². The smallest absolute Gasteiger partial charge is 1.00 e. The van der Waals surface area contributed by atoms with E-state index in [-0.39, 0.29) is 107 Å². The van der Waals surface area contributed by atoms with Gasteiger partial charge < -0.3 is 63.5 Å². The standard InChI is InChI=1S/Ba.HNO3.H3N.9H2O.2H/c;2-1(3)4;;;;;;;;;;;;/h;(H,2,3,4);1H3;9*1H2;;/q+2;;;;;;;;;;;;2*-1. The van der Waals surface area contributed by atoms with Crippen LogP contribution >= 0.6 is 0 Å². The molecule has 108 valence electrons. The van der Waals surface area contributed by atoms with Crippen molar-refractivity contribution in [3.8, 4) is 0 Å². The summed E-state index contributed by atoms with van der Waals surface area (Å²) < 4.78 is 0. The van der Waals surface area contributed by atoms with Crippen molar-refractivity contribution in [1.82, 2.24) is 6.15 Å². The fourth-order valence-corrected chi connectivity index (χ4v) is 0. The molecule has 0 aromatic heterocycles. The third-order valence-corrected chi connectivity index (χ3v) is 0. The Kier molecular flexibility index (Phi) is 4210. The van der Waals surface area contributed by atoms with Crippen molar-refractivity contribution in [3.05, 3.63) is 10.1 Å². The summed E-state index contributed by atoms with van der Waals surface area (Å²) in [6.07, 6.45) is 0. The SMILES string of the molecule is N.O.O.O.O.O.O.O.O.O.O=[N+]([O-])O.[Ba+2].[H-].[H-]. The van der Waals surface area contributed by atoms with Crippen LogP contribution in [-0.2, 0) is 0 Å². The summed E-state index contributed by atoms with van der Waals surface area (Å²) in [4.78, 5) is 8.36. The largest absolute Gasteiger partial charge is 2.00 e. The fraction of sp³-hybridized carbons (Fsp3) is 0. The second-order valence-corrected chi connectivity index (χ2v) is 0.238. The van der Waals surface area contributed by atoms with E-state index in [2.05, 4.69) is 0 Å². The van der Waals surface area contributed by atoms with Crippen molar-refractivity contribution in [2.24, 2.45) is 0 Å². The Labute approximate surface area is 127 Å². The minimum absolute atomic E-state index is 0. The predicted molar refractivity (Wildman–Crippen MR) is 54.3 cm³/mol. The van der Waals surface area contributed by atoms with Crippen LogP contribution in [0.2, 0.25) is 0 Å². The Balaban J connectivity index is -0.000000000577. The van der Waals surface area contributed by atoms with Crippen molar-refractivity contribution < 1.29 is 62.4 Å². The van der Waals surface area contributed by atoms with Crippen LogP contribution in [0.4, 0.5) is 0 Å². The van der Waals surface area contributed by atoms with Crippen LogP contribution in [0.1, 0.15) is 2.85 Å². The van der Waals surface area contributed by atoms with Gasteiger partial charge in [0, 0.05) is 0 Å². The van der Waals surface area contributed by atoms with E-state index in [1.54, 1.807) is 0 Å². The van der Waals surface area contributed by atoms with Crippen LogP contribution in [0.15, 0.2) is 0 Å². The molecule has 15 heavy (non-hydrogen) atoms. The molecule has 14 nitrogen and oxygen atoms in total. The maximum Gasteiger partial charge on any atom is 2.00 e. The van der Waals surface area contributed by atoms with E-state index in [0.29, 0.717) is 0 Å². The molecule has 0 aromatic rings. The molecule has 0 aliphatic rings. The van der Waals surface area contributed by atoms with Crippen LogP contribution < -0.4 is 6.15 Å². The fourth-order valence-electron chi connectivity index (χ4n) is 0. The average Bonchev–Trinajstić information content (AvgIpc) is 0.811. The van der Waals surface area contributed by atoms with E-state index in [4.69, 9.17) is 15.3 Å². The quantitative estimate of drug-likeness (QED) is 0.234. The van der Waals surface area contributed by atoms with Crippen molar-refractivity contribution in [3.63, 3.8) is 0 Å². The number of hydrogen-bond acceptors (Lipinski definition) is 3. The summed E-state index contributed by atoms with van der Waals surface area (Å²) in [5, 5.41) is 13.6. The first-order valence-electron chi connectivity index (χ1n) is 0.565. The molecule has 0 amide bonds. The Morgan fingerprint density at radius 2 is 0.800 bits per heavy atom. The van der Waals surface area contributed by atoms with E-state index >= 15 is 0 Å². The molecule has 0 aliphatic carbocycles. The number of nitrogens with zero attached hydrogens (tertiary/aromatic N) is 1. The Hall–Kier alpha value is 0.371. The summed E-state index contributed by atoms with van der Waals surface area (Å²) in [6.45, 7) is 0. The molecular formula is H24BaN2O12. The van der Waals surface area contributed by atoms with Gasteiger partial charge in [-0.25, -0.2) is 0 Å². The van der Waals surface area contributed by atoms with E-state index in [1.165, 1.54) is 0 Å². The molecule has 0 aliphatic heterocycles. The van der Waals surface area contributed by atoms with Crippen molar-refractivity contribution in [2.45, 2.75) is 0 Å². The van der Waals surface area contributed by atoms with E-state index < -0.39 is 5.09 Å². The Morgan fingerprint density at radius 3 is 0.800 bits per heavy atom. The molecule has 0 spiro atoms. The molecule has 0 bridgehead atoms. The first-order valence-corrected chi connectivity index (χ1v) is 0.565. The van der Waals surface area contributed by atoms with Crippen molar-refractivity contribution in [1.29, 1.82) is 0 Å². The van der Waals surface area contributed by atoms with E-state index in [1.807, 2.05) is 0 Å². The summed E-state index contributed by atoms with van der Waals surface area (Å²) in [5.74, 6) is 0. The molecular weight excluding hydrogens is 357 g/mol. The zero-order chi connectivity index (χ0) is 3.58. The summed E-state index contributed by atoms with van der Waals surface area (Å²) in [5.41, 5.74) is 0. The third-order valence-electron chi connectivity index (χ3n) is 0. The third kappa shape index (κ3) is 15900. The van der Waals surface area contributed by atoms with Gasteiger partial charge in [-0.15, -0.1) is 10.1 Å². The van der Waals surface area contributed by atoms with Gasteiger partial charge in [0.05, 0.1) is 0 Å². The van der Waals surface area contributed by atoms with Crippen LogP contribution in [0.5, 0.6) is 0 Å². The summed E-state index contributed by atoms with van der Waals surface area (Å²) in [6, 6.07) is 0. The molecule has 0 rings (SSSR count). The molecule has 0 fully saturated rings. The molecule has 22 N–H and O–H groups in total. The zero-order valence-electron chi connectivity index (χ0n) is 9.63. The molecule has 0 unspecified atom stereocenters. The second-order valence-electron chi connectivity index (χ2n) is 0.238. The number of hydrogen-bond donors (Lipinski definition) is 2. The maximum atomic E-state index is 8.36. The van der Waals surface area contributed by atoms with Gasteiger partial charge in [0.1, 0.15) is 0 Å². The Morgan fingerprint density at radius 1 is 0.800 bits per heavy atom. The molecule has 0 aromatic carbocycles. The van der Waals surface area contributed by atoms with Gasteiger partial charge in [0.25, 0.3) is 5.09 Å². The summed E-state index contributed by atoms with van der Waals surface area (Å²) in [7, 11) is 0. The van der Waals surface area contributed by atoms with E-state index in [0.717, 1.165) is 0 Å². The monoisotopic (exact) mass is 382 g/mol. The first-order chi connectivity index (χ1) is 1.73. The van der Waals surface area contributed by atoms with Gasteiger partial charge in [0.2, 0.25) is 0 Å². The van der Waals surface area contributed by atoms with Crippen LogP contribution in [0.25, 0.3) is 0 Å². The normalized spacial score (nSPS) is 1.60. The molecule has 0 saturated heterocycles.